The maximum atomic E-state index is 6.09. The molecule has 0 saturated heterocycles. The van der Waals surface area contributed by atoms with Crippen molar-refractivity contribution in [3.8, 4) is 0 Å². The number of nitrogens with zero attached hydrogens (tertiary/aromatic N) is 2. The molecule has 0 unspecified atom stereocenters. The number of aromatic nitrogens is 2. The van der Waals surface area contributed by atoms with Crippen LogP contribution in [0.1, 0.15) is 18.2 Å². The lowest BCUT2D eigenvalue weighted by Crippen LogP contribution is -1.90. The second-order valence-electron chi connectivity index (χ2n) is 3.54. The Kier molecular flexibility index (Phi) is 2.23. The fourth-order valence-corrected chi connectivity index (χ4v) is 1.88. The lowest BCUT2D eigenvalue weighted by Gasteiger charge is -1.99. The van der Waals surface area contributed by atoms with Gasteiger partial charge in [-0.2, -0.15) is 5.10 Å². The van der Waals surface area contributed by atoms with E-state index in [0.717, 1.165) is 28.2 Å². The van der Waals surface area contributed by atoms with Crippen LogP contribution in [-0.4, -0.2) is 9.78 Å². The van der Waals surface area contributed by atoms with Crippen molar-refractivity contribution in [1.29, 1.82) is 0 Å². The average Bonchev–Trinajstić information content (AvgIpc) is 2.45. The second kappa shape index (κ2) is 3.28. The van der Waals surface area contributed by atoms with Gasteiger partial charge >= 0.3 is 0 Å². The quantitative estimate of drug-likeness (QED) is 0.704. The third kappa shape index (κ3) is 1.30. The summed E-state index contributed by atoms with van der Waals surface area (Å²) in [6.45, 7) is 4.12. The Morgan fingerprint density at radius 2 is 2.14 bits per heavy atom. The zero-order chi connectivity index (χ0) is 10.3. The van der Waals surface area contributed by atoms with Gasteiger partial charge in [0.05, 0.1) is 11.2 Å². The highest BCUT2D eigenvalue weighted by atomic mass is 35.5. The van der Waals surface area contributed by atoms with E-state index in [4.69, 9.17) is 11.6 Å². The molecule has 2 rings (SSSR count). The van der Waals surface area contributed by atoms with Gasteiger partial charge in [-0.3, -0.25) is 4.68 Å². The van der Waals surface area contributed by atoms with E-state index in [1.54, 1.807) is 0 Å². The van der Waals surface area contributed by atoms with E-state index in [0.29, 0.717) is 0 Å². The van der Waals surface area contributed by atoms with Crippen LogP contribution in [0.15, 0.2) is 12.1 Å². The third-order valence-corrected chi connectivity index (χ3v) is 2.95. The van der Waals surface area contributed by atoms with Gasteiger partial charge in [-0.15, -0.1) is 0 Å². The minimum absolute atomic E-state index is 0.820. The van der Waals surface area contributed by atoms with Crippen LogP contribution in [0.2, 0.25) is 5.02 Å². The molecule has 14 heavy (non-hydrogen) atoms. The molecule has 0 amide bonds. The molecule has 2 nitrogen and oxygen atoms in total. The van der Waals surface area contributed by atoms with Gasteiger partial charge in [0.2, 0.25) is 0 Å². The average molecular weight is 209 g/mol. The molecule has 74 valence electrons. The molecule has 0 spiro atoms. The number of halogens is 1. The van der Waals surface area contributed by atoms with Crippen molar-refractivity contribution < 1.29 is 0 Å². The molecule has 1 aromatic carbocycles. The Morgan fingerprint density at radius 3 is 2.79 bits per heavy atom. The second-order valence-corrected chi connectivity index (χ2v) is 3.95. The lowest BCUT2D eigenvalue weighted by atomic mass is 10.1. The minimum atomic E-state index is 0.820. The minimum Gasteiger partial charge on any atom is -0.268 e. The zero-order valence-corrected chi connectivity index (χ0v) is 9.39. The summed E-state index contributed by atoms with van der Waals surface area (Å²) < 4.78 is 1.91. The van der Waals surface area contributed by atoms with Crippen molar-refractivity contribution in [2.24, 2.45) is 7.05 Å². The number of benzene rings is 1. The van der Waals surface area contributed by atoms with E-state index < -0.39 is 0 Å². The highest BCUT2D eigenvalue weighted by molar-refractivity contribution is 6.32. The van der Waals surface area contributed by atoms with Crippen LogP contribution in [0.4, 0.5) is 0 Å². The smallest absolute Gasteiger partial charge is 0.0701 e. The first-order chi connectivity index (χ1) is 6.63. The highest BCUT2D eigenvalue weighted by Gasteiger charge is 2.08. The molecular formula is C11H13ClN2. The van der Waals surface area contributed by atoms with Crippen molar-refractivity contribution in [3.05, 3.63) is 28.4 Å². The number of hydrogen-bond acceptors (Lipinski definition) is 1. The molecule has 0 bridgehead atoms. The van der Waals surface area contributed by atoms with Crippen molar-refractivity contribution in [2.45, 2.75) is 20.3 Å². The van der Waals surface area contributed by atoms with E-state index in [1.807, 2.05) is 24.7 Å². The van der Waals surface area contributed by atoms with Crippen LogP contribution in [-0.2, 0) is 13.5 Å². The fourth-order valence-electron chi connectivity index (χ4n) is 1.72. The Labute approximate surface area is 88.5 Å². The fraction of sp³-hybridized carbons (Fsp3) is 0.364. The van der Waals surface area contributed by atoms with E-state index in [2.05, 4.69) is 18.1 Å². The summed E-state index contributed by atoms with van der Waals surface area (Å²) in [5, 5.41) is 6.44. The normalized spacial score (nSPS) is 11.1. The summed E-state index contributed by atoms with van der Waals surface area (Å²) in [7, 11) is 1.97. The SMILES string of the molecule is CCc1nn(C)c2cc(C)c(Cl)cc12. The van der Waals surface area contributed by atoms with E-state index in [9.17, 15) is 0 Å². The summed E-state index contributed by atoms with van der Waals surface area (Å²) in [6, 6.07) is 4.10. The third-order valence-electron chi connectivity index (χ3n) is 2.54. The first-order valence-electron chi connectivity index (χ1n) is 4.75. The zero-order valence-electron chi connectivity index (χ0n) is 8.63. The van der Waals surface area contributed by atoms with Crippen molar-refractivity contribution >= 4 is 22.5 Å². The molecule has 0 aliphatic heterocycles. The molecule has 2 aromatic rings. The molecule has 0 aliphatic carbocycles. The molecule has 0 aliphatic rings. The molecule has 1 aromatic heterocycles. The molecular weight excluding hydrogens is 196 g/mol. The van der Waals surface area contributed by atoms with Gasteiger partial charge in [0.1, 0.15) is 0 Å². The molecule has 0 atom stereocenters. The maximum absolute atomic E-state index is 6.09. The number of hydrogen-bond donors (Lipinski definition) is 0. The predicted molar refractivity (Wildman–Crippen MR) is 59.8 cm³/mol. The van der Waals surface area contributed by atoms with Gasteiger partial charge in [0.15, 0.2) is 0 Å². The molecule has 0 N–H and O–H groups in total. The summed E-state index contributed by atoms with van der Waals surface area (Å²) in [5.74, 6) is 0. The van der Waals surface area contributed by atoms with Crippen LogP contribution in [0.5, 0.6) is 0 Å². The van der Waals surface area contributed by atoms with E-state index >= 15 is 0 Å². The molecule has 3 heteroatoms. The Morgan fingerprint density at radius 1 is 1.43 bits per heavy atom. The van der Waals surface area contributed by atoms with Gasteiger partial charge in [-0.25, -0.2) is 0 Å². The first-order valence-corrected chi connectivity index (χ1v) is 5.13. The summed E-state index contributed by atoms with van der Waals surface area (Å²) in [5.41, 5.74) is 3.37. The van der Waals surface area contributed by atoms with Gasteiger partial charge in [-0.05, 0) is 31.0 Å². The highest BCUT2D eigenvalue weighted by Crippen LogP contribution is 2.25. The lowest BCUT2D eigenvalue weighted by molar-refractivity contribution is 0.770. The Bertz CT molecular complexity index is 485. The van der Waals surface area contributed by atoms with Crippen LogP contribution < -0.4 is 0 Å². The molecule has 0 saturated carbocycles. The molecule has 0 radical (unpaired) electrons. The van der Waals surface area contributed by atoms with Gasteiger partial charge in [-0.1, -0.05) is 18.5 Å². The summed E-state index contributed by atoms with van der Waals surface area (Å²) in [6.07, 6.45) is 0.941. The first kappa shape index (κ1) is 9.53. The van der Waals surface area contributed by atoms with Gasteiger partial charge in [0, 0.05) is 17.5 Å². The largest absolute Gasteiger partial charge is 0.268 e. The van der Waals surface area contributed by atoms with E-state index in [1.165, 1.54) is 5.39 Å². The number of aryl methyl sites for hydroxylation is 3. The predicted octanol–water partition coefficient (Wildman–Crippen LogP) is 3.10. The van der Waals surface area contributed by atoms with Crippen molar-refractivity contribution in [2.75, 3.05) is 0 Å². The molecule has 1 heterocycles. The van der Waals surface area contributed by atoms with Gasteiger partial charge < -0.3 is 0 Å². The van der Waals surface area contributed by atoms with Crippen LogP contribution in [0.25, 0.3) is 10.9 Å². The topological polar surface area (TPSA) is 17.8 Å². The Hall–Kier alpha value is -1.02. The van der Waals surface area contributed by atoms with Crippen LogP contribution in [0, 0.1) is 6.92 Å². The van der Waals surface area contributed by atoms with Crippen molar-refractivity contribution in [1.82, 2.24) is 9.78 Å². The Balaban J connectivity index is 2.84. The van der Waals surface area contributed by atoms with Crippen LogP contribution >= 0.6 is 11.6 Å². The number of fused-ring (bicyclic) bond motifs is 1. The van der Waals surface area contributed by atoms with Crippen molar-refractivity contribution in [3.63, 3.8) is 0 Å². The maximum Gasteiger partial charge on any atom is 0.0701 e. The standard InChI is InChI=1S/C11H13ClN2/c1-4-10-8-6-9(12)7(2)5-11(8)14(3)13-10/h5-6H,4H2,1-3H3. The van der Waals surface area contributed by atoms with Crippen LogP contribution in [0.3, 0.4) is 0 Å². The number of rotatable bonds is 1. The van der Waals surface area contributed by atoms with E-state index in [-0.39, 0.29) is 0 Å². The van der Waals surface area contributed by atoms with Gasteiger partial charge in [0.25, 0.3) is 0 Å². The summed E-state index contributed by atoms with van der Waals surface area (Å²) >= 11 is 6.09. The molecule has 0 fully saturated rings. The monoisotopic (exact) mass is 208 g/mol. The summed E-state index contributed by atoms with van der Waals surface area (Å²) in [4.78, 5) is 0.